The van der Waals surface area contributed by atoms with Crippen LogP contribution in [0.1, 0.15) is 113 Å². The van der Waals surface area contributed by atoms with Crippen molar-refractivity contribution in [2.24, 2.45) is 35.5 Å². The number of carbonyl (C=O) groups excluding carboxylic acids is 2. The van der Waals surface area contributed by atoms with Crippen molar-refractivity contribution < 1.29 is 124 Å². The Balaban J connectivity index is 2.15. The van der Waals surface area contributed by atoms with Crippen LogP contribution in [0.4, 0.5) is 0 Å². The maximum atomic E-state index is 13.2. The second-order valence-corrected chi connectivity index (χ2v) is 22.5. The Morgan fingerprint density at radius 2 is 0.900 bits per heavy atom. The minimum absolute atomic E-state index is 0.0322. The number of carboxylic acid groups (broad SMARTS) is 3. The van der Waals surface area contributed by atoms with Crippen LogP contribution in [0.15, 0.2) is 0 Å². The van der Waals surface area contributed by atoms with E-state index in [0.717, 1.165) is 13.8 Å². The third kappa shape index (κ3) is 17.8. The predicted molar refractivity (Wildman–Crippen MR) is 276 cm³/mol. The van der Waals surface area contributed by atoms with Crippen LogP contribution in [0.2, 0.25) is 0 Å². The van der Waals surface area contributed by atoms with E-state index in [1.165, 1.54) is 7.05 Å². The van der Waals surface area contributed by atoms with E-state index in [0.29, 0.717) is 6.42 Å². The summed E-state index contributed by atoms with van der Waals surface area (Å²) in [4.78, 5) is 63.8. The quantitative estimate of drug-likeness (QED) is 0.0281. The second kappa shape index (κ2) is 31.5. The molecule has 0 aromatic carbocycles. The molecule has 0 aliphatic carbocycles. The number of carbonyl (C=O) groups is 5. The third-order valence-corrected chi connectivity index (χ3v) is 16.0. The van der Waals surface area contributed by atoms with Crippen molar-refractivity contribution in [3.05, 3.63) is 0 Å². The highest BCUT2D eigenvalue weighted by atomic mass is 16.7. The number of aliphatic hydroxyl groups excluding tert-OH is 11. The number of ether oxygens (including phenoxy) is 6. The topological polar surface area (TPSA) is 460 Å². The molecule has 0 saturated carbocycles. The van der Waals surface area contributed by atoms with Crippen molar-refractivity contribution in [1.29, 1.82) is 0 Å². The molecule has 0 radical (unpaired) electrons. The number of nitrogens with one attached hydrogen (secondary N) is 3. The van der Waals surface area contributed by atoms with Gasteiger partial charge in [0.2, 0.25) is 11.8 Å². The molecule has 3 heterocycles. The maximum Gasteiger partial charge on any atom is 0.364 e. The van der Waals surface area contributed by atoms with Gasteiger partial charge in [-0.25, -0.2) is 14.4 Å². The average molecular weight is 1160 g/mol. The summed E-state index contributed by atoms with van der Waals surface area (Å²) < 4.78 is 35.8. The van der Waals surface area contributed by atoms with Gasteiger partial charge in [-0.2, -0.15) is 0 Å². The van der Waals surface area contributed by atoms with Gasteiger partial charge in [-0.1, -0.05) is 41.5 Å². The van der Waals surface area contributed by atoms with Crippen molar-refractivity contribution in [3.8, 4) is 0 Å². The minimum Gasteiger partial charge on any atom is -0.477 e. The second-order valence-electron chi connectivity index (χ2n) is 22.5. The van der Waals surface area contributed by atoms with Gasteiger partial charge in [0, 0.05) is 33.1 Å². The van der Waals surface area contributed by atoms with Gasteiger partial charge < -0.3 is 116 Å². The maximum absolute atomic E-state index is 13.2. The first-order chi connectivity index (χ1) is 37.3. The zero-order chi connectivity index (χ0) is 60.8. The number of carboxylic acids is 3. The van der Waals surface area contributed by atoms with Gasteiger partial charge in [0.05, 0.1) is 75.6 Å². The van der Waals surface area contributed by atoms with Crippen LogP contribution in [0.3, 0.4) is 0 Å². The molecule has 3 rings (SSSR count). The van der Waals surface area contributed by atoms with E-state index in [1.807, 2.05) is 6.92 Å². The van der Waals surface area contributed by atoms with Gasteiger partial charge in [0.1, 0.15) is 48.8 Å². The molecule has 21 atom stereocenters. The van der Waals surface area contributed by atoms with Crippen molar-refractivity contribution in [3.63, 3.8) is 0 Å². The SMILES string of the molecule is CCC(O)C(O)C1OC(OCCC(CCOC2(C(=O)O)CC(O)C(NC(C)=O)C(C(O)C(O)CO)O2)C(CCCOC2(C(=O)O)CC(O)C(NC(C)=O)C(C(O)C(O)CO)O2)CC(C)C(C(C)C)C(C)C)(C(=O)O)CC(O)C1NC. The van der Waals surface area contributed by atoms with E-state index in [4.69, 9.17) is 28.4 Å². The summed E-state index contributed by atoms with van der Waals surface area (Å²) in [6.07, 6.45) is -22.9. The van der Waals surface area contributed by atoms with E-state index in [1.54, 1.807) is 6.92 Å². The first kappa shape index (κ1) is 70.9. The minimum atomic E-state index is -2.75. The number of aliphatic hydroxyl groups is 11. The predicted octanol–water partition coefficient (Wildman–Crippen LogP) is -3.27. The molecule has 3 aliphatic heterocycles. The normalized spacial score (nSPS) is 32.8. The molecular formula is C52H93N3O25. The lowest BCUT2D eigenvalue weighted by molar-refractivity contribution is -0.313. The largest absolute Gasteiger partial charge is 0.477 e. The van der Waals surface area contributed by atoms with E-state index in [9.17, 15) is 95.5 Å². The first-order valence-electron chi connectivity index (χ1n) is 27.5. The summed E-state index contributed by atoms with van der Waals surface area (Å²) in [5.74, 6) is -15.4. The Bertz CT molecular complexity index is 1950. The number of likely N-dealkylation sites (N-methyl/N-ethyl adjacent to an activating group) is 1. The zero-order valence-electron chi connectivity index (χ0n) is 47.3. The molecule has 17 N–H and O–H groups in total. The Kier molecular flexibility index (Phi) is 27.9. The molecule has 0 aromatic heterocycles. The fraction of sp³-hybridized carbons (Fsp3) is 0.904. The molecule has 3 fully saturated rings. The van der Waals surface area contributed by atoms with Gasteiger partial charge in [-0.3, -0.25) is 9.59 Å². The molecule has 2 amide bonds. The van der Waals surface area contributed by atoms with E-state index in [-0.39, 0.29) is 55.8 Å². The summed E-state index contributed by atoms with van der Waals surface area (Å²) in [5.41, 5.74) is 0. The van der Waals surface area contributed by atoms with Crippen LogP contribution < -0.4 is 16.0 Å². The number of amides is 2. The first-order valence-corrected chi connectivity index (χ1v) is 27.5. The summed E-state index contributed by atoms with van der Waals surface area (Å²) in [6, 6.07) is -4.00. The van der Waals surface area contributed by atoms with Crippen molar-refractivity contribution in [1.82, 2.24) is 16.0 Å². The van der Waals surface area contributed by atoms with Gasteiger partial charge in [-0.15, -0.1) is 0 Å². The molecule has 0 bridgehead atoms. The van der Waals surface area contributed by atoms with Gasteiger partial charge in [0.15, 0.2) is 0 Å². The van der Waals surface area contributed by atoms with Crippen LogP contribution >= 0.6 is 0 Å². The van der Waals surface area contributed by atoms with E-state index in [2.05, 4.69) is 43.6 Å². The fourth-order valence-electron chi connectivity index (χ4n) is 12.1. The Hall–Kier alpha value is -3.37. The molecule has 28 nitrogen and oxygen atoms in total. The van der Waals surface area contributed by atoms with Gasteiger partial charge >= 0.3 is 17.9 Å². The van der Waals surface area contributed by atoms with E-state index < -0.39 is 203 Å². The van der Waals surface area contributed by atoms with Crippen LogP contribution in [0.5, 0.6) is 0 Å². The highest BCUT2D eigenvalue weighted by Gasteiger charge is 2.58. The molecular weight excluding hydrogens is 1070 g/mol. The molecule has 28 heteroatoms. The Morgan fingerprint density at radius 3 is 1.23 bits per heavy atom. The van der Waals surface area contributed by atoms with Crippen LogP contribution in [0, 0.1) is 35.5 Å². The molecule has 0 aromatic rings. The lowest BCUT2D eigenvalue weighted by Crippen LogP contribution is -2.68. The van der Waals surface area contributed by atoms with Crippen LogP contribution in [0.25, 0.3) is 0 Å². The molecule has 466 valence electrons. The molecule has 80 heavy (non-hydrogen) atoms. The summed E-state index contributed by atoms with van der Waals surface area (Å²) in [6.45, 7) is 10.6. The summed E-state index contributed by atoms with van der Waals surface area (Å²) >= 11 is 0. The Morgan fingerprint density at radius 1 is 0.550 bits per heavy atom. The van der Waals surface area contributed by atoms with Crippen molar-refractivity contribution >= 4 is 29.7 Å². The van der Waals surface area contributed by atoms with E-state index >= 15 is 0 Å². The lowest BCUT2D eigenvalue weighted by Gasteiger charge is -2.47. The molecule has 3 saturated heterocycles. The van der Waals surface area contributed by atoms with Crippen molar-refractivity contribution in [2.75, 3.05) is 40.1 Å². The number of aliphatic carboxylic acids is 3. The number of hydrogen-bond donors (Lipinski definition) is 17. The van der Waals surface area contributed by atoms with Gasteiger partial charge in [0.25, 0.3) is 17.4 Å². The molecule has 0 spiro atoms. The zero-order valence-corrected chi connectivity index (χ0v) is 47.3. The standard InChI is InChI=1S/C52H93N3O25/c1-10-31(60)41(66)44-38(53-9)32(61)19-51(78-44,48(71)72)76-16-13-29(14-17-77-52(49(73)74)21-34(63)40(55-28(8)59)46(80-52)43(68)36(65)23-57)30(18-26(6)37(24(2)3)25(4)5)12-11-15-75-50(47(69)70)20-33(62)39(54-27(7)58)45(79-50)42(67)35(64)22-56/h24-26,29-46,53,56-57,60-68H,10-23H2,1-9H3,(H,54,58)(H,55,59)(H,69,70)(H,71,72)(H,73,74). The van der Waals surface area contributed by atoms with Gasteiger partial charge in [-0.05, 0) is 81.1 Å². The van der Waals surface area contributed by atoms with Crippen LogP contribution in [-0.2, 0) is 52.4 Å². The lowest BCUT2D eigenvalue weighted by atomic mass is 9.70. The smallest absolute Gasteiger partial charge is 0.364 e. The van der Waals surface area contributed by atoms with Crippen LogP contribution in [-0.4, -0.2) is 250 Å². The third-order valence-electron chi connectivity index (χ3n) is 16.0. The Labute approximate surface area is 466 Å². The number of hydrogen-bond acceptors (Lipinski definition) is 23. The molecule has 3 aliphatic rings. The monoisotopic (exact) mass is 1160 g/mol. The highest BCUT2D eigenvalue weighted by molar-refractivity contribution is 5.78. The highest BCUT2D eigenvalue weighted by Crippen LogP contribution is 2.41. The molecule has 21 unspecified atom stereocenters. The van der Waals surface area contributed by atoms with Crippen molar-refractivity contribution in [2.45, 2.75) is 222 Å². The fourth-order valence-corrected chi connectivity index (χ4v) is 12.1. The summed E-state index contributed by atoms with van der Waals surface area (Å²) in [7, 11) is 1.45. The average Bonchev–Trinajstić information content (AvgIpc) is 3.38. The summed E-state index contributed by atoms with van der Waals surface area (Å²) in [5, 5.41) is 157. The number of rotatable bonds is 34.